The van der Waals surface area contributed by atoms with Crippen molar-refractivity contribution in [1.29, 1.82) is 0 Å². The van der Waals surface area contributed by atoms with E-state index in [0.29, 0.717) is 18.4 Å². The van der Waals surface area contributed by atoms with Gasteiger partial charge in [-0.3, -0.25) is 9.59 Å². The van der Waals surface area contributed by atoms with Crippen molar-refractivity contribution in [1.82, 2.24) is 5.32 Å². The van der Waals surface area contributed by atoms with Gasteiger partial charge in [-0.15, -0.1) is 0 Å². The van der Waals surface area contributed by atoms with Gasteiger partial charge in [0.1, 0.15) is 5.82 Å². The largest absolute Gasteiger partial charge is 0.481 e. The second kappa shape index (κ2) is 7.20. The maximum absolute atomic E-state index is 13.2. The smallest absolute Gasteiger partial charge is 0.305 e. The van der Waals surface area contributed by atoms with Gasteiger partial charge in [0.15, 0.2) is 0 Å². The van der Waals surface area contributed by atoms with Crippen LogP contribution < -0.4 is 5.32 Å². The van der Waals surface area contributed by atoms with Crippen LogP contribution in [0.1, 0.15) is 51.5 Å². The van der Waals surface area contributed by atoms with Crippen molar-refractivity contribution in [3.8, 4) is 0 Å². The first-order chi connectivity index (χ1) is 9.83. The Kier molecular flexibility index (Phi) is 5.88. The molecule has 0 saturated heterocycles. The lowest BCUT2D eigenvalue weighted by Gasteiger charge is -2.32. The van der Waals surface area contributed by atoms with Gasteiger partial charge in [-0.2, -0.15) is 0 Å². The summed E-state index contributed by atoms with van der Waals surface area (Å²) < 4.78 is 13.2. The second-order valence-corrected chi connectivity index (χ2v) is 5.32. The van der Waals surface area contributed by atoms with Crippen LogP contribution in [-0.4, -0.2) is 22.5 Å². The average molecular weight is 295 g/mol. The van der Waals surface area contributed by atoms with Crippen LogP contribution in [0.15, 0.2) is 24.3 Å². The second-order valence-electron chi connectivity index (χ2n) is 5.32. The molecular formula is C16H22FNO3. The highest BCUT2D eigenvalue weighted by Crippen LogP contribution is 2.23. The molecule has 0 aromatic heterocycles. The first kappa shape index (κ1) is 17.1. The molecule has 1 atom stereocenters. The predicted octanol–water partition coefficient (Wildman–Crippen LogP) is 3.08. The van der Waals surface area contributed by atoms with Gasteiger partial charge in [0.25, 0.3) is 0 Å². The summed E-state index contributed by atoms with van der Waals surface area (Å²) in [5, 5.41) is 11.9. The summed E-state index contributed by atoms with van der Waals surface area (Å²) in [5.74, 6) is -2.16. The highest BCUT2D eigenvalue weighted by Gasteiger charge is 2.32. The minimum Gasteiger partial charge on any atom is -0.481 e. The zero-order valence-corrected chi connectivity index (χ0v) is 12.6. The van der Waals surface area contributed by atoms with Crippen molar-refractivity contribution in [3.05, 3.63) is 35.6 Å². The number of carboxylic acids is 1. The van der Waals surface area contributed by atoms with Crippen molar-refractivity contribution in [2.45, 2.75) is 51.5 Å². The number of nitrogens with one attached hydrogen (secondary N) is 1. The van der Waals surface area contributed by atoms with E-state index in [9.17, 15) is 14.0 Å². The van der Waals surface area contributed by atoms with Gasteiger partial charge >= 0.3 is 5.97 Å². The summed E-state index contributed by atoms with van der Waals surface area (Å²) >= 11 is 0. The molecule has 0 bridgehead atoms. The summed E-state index contributed by atoms with van der Waals surface area (Å²) in [6, 6.07) is 5.88. The Morgan fingerprint density at radius 2 is 1.95 bits per heavy atom. The fourth-order valence-electron chi connectivity index (χ4n) is 2.31. The number of rotatable bonds is 7. The first-order valence-corrected chi connectivity index (χ1v) is 7.13. The SMILES string of the molecule is CCC(CC)(CC(=O)O)NC(=O)C(C)c1cccc(F)c1. The lowest BCUT2D eigenvalue weighted by atomic mass is 9.87. The third-order valence-corrected chi connectivity index (χ3v) is 3.97. The maximum atomic E-state index is 13.2. The molecule has 4 nitrogen and oxygen atoms in total. The van der Waals surface area contributed by atoms with E-state index in [1.807, 2.05) is 13.8 Å². The molecule has 1 rings (SSSR count). The molecule has 0 saturated carbocycles. The lowest BCUT2D eigenvalue weighted by Crippen LogP contribution is -2.50. The Labute approximate surface area is 124 Å². The number of benzene rings is 1. The average Bonchev–Trinajstić information content (AvgIpc) is 2.45. The number of halogens is 1. The molecule has 116 valence electrons. The zero-order chi connectivity index (χ0) is 16.0. The number of hydrogen-bond acceptors (Lipinski definition) is 2. The van der Waals surface area contributed by atoms with E-state index in [0.717, 1.165) is 0 Å². The van der Waals surface area contributed by atoms with Crippen molar-refractivity contribution in [2.24, 2.45) is 0 Å². The van der Waals surface area contributed by atoms with Crippen LogP contribution in [0.4, 0.5) is 4.39 Å². The zero-order valence-electron chi connectivity index (χ0n) is 12.6. The van der Waals surface area contributed by atoms with Crippen LogP contribution >= 0.6 is 0 Å². The first-order valence-electron chi connectivity index (χ1n) is 7.13. The Balaban J connectivity index is 2.89. The minimum absolute atomic E-state index is 0.123. The van der Waals surface area contributed by atoms with E-state index in [2.05, 4.69) is 5.32 Å². The molecular weight excluding hydrogens is 273 g/mol. The Bertz CT molecular complexity index is 512. The van der Waals surface area contributed by atoms with Crippen LogP contribution in [0.25, 0.3) is 0 Å². The Morgan fingerprint density at radius 3 is 2.43 bits per heavy atom. The molecule has 1 unspecified atom stereocenters. The fraction of sp³-hybridized carbons (Fsp3) is 0.500. The molecule has 2 N–H and O–H groups in total. The van der Waals surface area contributed by atoms with Crippen molar-refractivity contribution < 1.29 is 19.1 Å². The number of amides is 1. The summed E-state index contributed by atoms with van der Waals surface area (Å²) in [5.41, 5.74) is -0.186. The number of carbonyl (C=O) groups excluding carboxylic acids is 1. The third-order valence-electron chi connectivity index (χ3n) is 3.97. The van der Waals surface area contributed by atoms with Crippen molar-refractivity contribution >= 4 is 11.9 Å². The molecule has 1 aromatic carbocycles. The summed E-state index contributed by atoms with van der Waals surface area (Å²) in [4.78, 5) is 23.3. The molecule has 0 spiro atoms. The van der Waals surface area contributed by atoms with Crippen molar-refractivity contribution in [3.63, 3.8) is 0 Å². The highest BCUT2D eigenvalue weighted by atomic mass is 19.1. The quantitative estimate of drug-likeness (QED) is 0.812. The lowest BCUT2D eigenvalue weighted by molar-refractivity contribution is -0.139. The number of carboxylic acid groups (broad SMARTS) is 1. The normalized spacial score (nSPS) is 12.8. The van der Waals surface area contributed by atoms with E-state index < -0.39 is 23.2 Å². The predicted molar refractivity (Wildman–Crippen MR) is 78.5 cm³/mol. The molecule has 0 aliphatic carbocycles. The summed E-state index contributed by atoms with van der Waals surface area (Å²) in [7, 11) is 0. The van der Waals surface area contributed by atoms with Gasteiger partial charge in [-0.05, 0) is 37.5 Å². The fourth-order valence-corrected chi connectivity index (χ4v) is 2.31. The van der Waals surface area contributed by atoms with E-state index in [1.54, 1.807) is 19.1 Å². The van der Waals surface area contributed by atoms with Crippen LogP contribution in [0.2, 0.25) is 0 Å². The third kappa shape index (κ3) is 4.55. The van der Waals surface area contributed by atoms with Crippen LogP contribution in [0, 0.1) is 5.82 Å². The monoisotopic (exact) mass is 295 g/mol. The number of aliphatic carboxylic acids is 1. The molecule has 1 amide bonds. The number of carbonyl (C=O) groups is 2. The standard InChI is InChI=1S/C16H22FNO3/c1-4-16(5-2,10-14(19)20)18-15(21)11(3)12-7-6-8-13(17)9-12/h6-9,11H,4-5,10H2,1-3H3,(H,18,21)(H,19,20). The van der Waals surface area contributed by atoms with Gasteiger partial charge in [-0.25, -0.2) is 4.39 Å². The van der Waals surface area contributed by atoms with Gasteiger partial charge in [0.05, 0.1) is 12.3 Å². The van der Waals surface area contributed by atoms with Crippen LogP contribution in [0.3, 0.4) is 0 Å². The highest BCUT2D eigenvalue weighted by molar-refractivity contribution is 5.84. The Hall–Kier alpha value is -1.91. The van der Waals surface area contributed by atoms with Crippen molar-refractivity contribution in [2.75, 3.05) is 0 Å². The molecule has 0 fully saturated rings. The molecule has 5 heteroatoms. The molecule has 0 heterocycles. The van der Waals surface area contributed by atoms with E-state index in [4.69, 9.17) is 5.11 Å². The Morgan fingerprint density at radius 1 is 1.33 bits per heavy atom. The molecule has 0 aliphatic rings. The van der Waals surface area contributed by atoms with E-state index >= 15 is 0 Å². The van der Waals surface area contributed by atoms with E-state index in [1.165, 1.54) is 12.1 Å². The summed E-state index contributed by atoms with van der Waals surface area (Å²) in [6.45, 7) is 5.38. The molecule has 0 radical (unpaired) electrons. The summed E-state index contributed by atoms with van der Waals surface area (Å²) in [6.07, 6.45) is 0.927. The van der Waals surface area contributed by atoms with Gasteiger partial charge in [0.2, 0.25) is 5.91 Å². The molecule has 0 aliphatic heterocycles. The maximum Gasteiger partial charge on any atom is 0.305 e. The molecule has 21 heavy (non-hydrogen) atoms. The van der Waals surface area contributed by atoms with E-state index in [-0.39, 0.29) is 12.3 Å². The van der Waals surface area contributed by atoms with Gasteiger partial charge in [0, 0.05) is 5.54 Å². The van der Waals surface area contributed by atoms with Crippen LogP contribution in [0.5, 0.6) is 0 Å². The van der Waals surface area contributed by atoms with Gasteiger partial charge in [-0.1, -0.05) is 26.0 Å². The molecule has 1 aromatic rings. The van der Waals surface area contributed by atoms with Gasteiger partial charge < -0.3 is 10.4 Å². The number of hydrogen-bond donors (Lipinski definition) is 2. The topological polar surface area (TPSA) is 66.4 Å². The minimum atomic E-state index is -0.947. The van der Waals surface area contributed by atoms with Crippen LogP contribution in [-0.2, 0) is 9.59 Å².